The van der Waals surface area contributed by atoms with E-state index in [0.29, 0.717) is 11.0 Å². The lowest BCUT2D eigenvalue weighted by Gasteiger charge is -2.11. The molecule has 0 aliphatic carbocycles. The number of benzene rings is 2. The molecule has 3 aromatic rings. The lowest BCUT2D eigenvalue weighted by atomic mass is 10.0. The molecule has 1 aromatic heterocycles. The number of halogens is 2. The highest BCUT2D eigenvalue weighted by Crippen LogP contribution is 2.42. The highest BCUT2D eigenvalue weighted by atomic mass is 35.5. The van der Waals surface area contributed by atoms with Crippen LogP contribution in [0.4, 0.5) is 0 Å². The summed E-state index contributed by atoms with van der Waals surface area (Å²) in [6.45, 7) is 2.22. The van der Waals surface area contributed by atoms with Gasteiger partial charge in [-0.2, -0.15) is 0 Å². The van der Waals surface area contributed by atoms with E-state index in [-0.39, 0.29) is 22.8 Å². The first-order valence-corrected chi connectivity index (χ1v) is 11.8. The van der Waals surface area contributed by atoms with Gasteiger partial charge < -0.3 is 23.2 Å². The number of aromatic hydroxyl groups is 2. The van der Waals surface area contributed by atoms with Crippen molar-refractivity contribution < 1.29 is 23.2 Å². The SMILES string of the molecule is CCCCCCCCCCc1ccc2c(=O)c(OCl)c(-c3cc(O)c(OCl)c(O)c3)oc2c1. The summed E-state index contributed by atoms with van der Waals surface area (Å²) in [4.78, 5) is 12.9. The maximum Gasteiger partial charge on any atom is 0.237 e. The molecule has 0 unspecified atom stereocenters. The predicted octanol–water partition coefficient (Wildman–Crippen LogP) is 7.62. The molecule has 178 valence electrons. The van der Waals surface area contributed by atoms with Crippen LogP contribution in [0.1, 0.15) is 63.9 Å². The monoisotopic (exact) mass is 494 g/mol. The first-order chi connectivity index (χ1) is 16.0. The van der Waals surface area contributed by atoms with E-state index in [4.69, 9.17) is 32.4 Å². The third-order valence-corrected chi connectivity index (χ3v) is 6.01. The van der Waals surface area contributed by atoms with Gasteiger partial charge in [0, 0.05) is 5.56 Å². The van der Waals surface area contributed by atoms with Crippen molar-refractivity contribution in [2.45, 2.75) is 64.7 Å². The van der Waals surface area contributed by atoms with E-state index in [1.54, 1.807) is 6.07 Å². The molecular formula is C25H28Cl2O6. The zero-order valence-electron chi connectivity index (χ0n) is 18.5. The Labute approximate surface area is 203 Å². The van der Waals surface area contributed by atoms with E-state index >= 15 is 0 Å². The minimum absolute atomic E-state index is 0.0292. The average molecular weight is 495 g/mol. The second-order valence-electron chi connectivity index (χ2n) is 8.14. The molecule has 0 saturated carbocycles. The maximum atomic E-state index is 12.9. The summed E-state index contributed by atoms with van der Waals surface area (Å²) in [5.41, 5.74) is 1.13. The van der Waals surface area contributed by atoms with Gasteiger partial charge in [0.05, 0.1) is 5.39 Å². The summed E-state index contributed by atoms with van der Waals surface area (Å²) in [6.07, 6.45) is 10.8. The molecular weight excluding hydrogens is 467 g/mol. The van der Waals surface area contributed by atoms with Crippen LogP contribution in [0.25, 0.3) is 22.3 Å². The van der Waals surface area contributed by atoms with Crippen LogP contribution in [0.2, 0.25) is 0 Å². The quantitative estimate of drug-likeness (QED) is 0.251. The normalized spacial score (nSPS) is 11.1. The Hall–Kier alpha value is -2.57. The van der Waals surface area contributed by atoms with Crippen molar-refractivity contribution in [2.24, 2.45) is 0 Å². The first kappa shape index (κ1) is 25.1. The smallest absolute Gasteiger partial charge is 0.237 e. The van der Waals surface area contributed by atoms with Gasteiger partial charge in [-0.3, -0.25) is 4.79 Å². The van der Waals surface area contributed by atoms with Crippen molar-refractivity contribution in [3.63, 3.8) is 0 Å². The van der Waals surface area contributed by atoms with Crippen LogP contribution >= 0.6 is 23.7 Å². The summed E-state index contributed by atoms with van der Waals surface area (Å²) < 4.78 is 15.2. The van der Waals surface area contributed by atoms with Crippen LogP contribution in [0, 0.1) is 0 Å². The Balaban J connectivity index is 1.82. The molecule has 1 heterocycles. The van der Waals surface area contributed by atoms with Gasteiger partial charge >= 0.3 is 0 Å². The third-order valence-electron chi connectivity index (χ3n) is 5.70. The molecule has 2 N–H and O–H groups in total. The van der Waals surface area contributed by atoms with Crippen LogP contribution in [-0.4, -0.2) is 10.2 Å². The highest BCUT2D eigenvalue weighted by Gasteiger charge is 2.21. The Morgan fingerprint density at radius 2 is 1.45 bits per heavy atom. The van der Waals surface area contributed by atoms with Crippen molar-refractivity contribution in [1.29, 1.82) is 0 Å². The fourth-order valence-corrected chi connectivity index (χ4v) is 4.21. The lowest BCUT2D eigenvalue weighted by Crippen LogP contribution is -2.06. The molecule has 3 rings (SSSR count). The Morgan fingerprint density at radius 1 is 0.848 bits per heavy atom. The zero-order chi connectivity index (χ0) is 23.8. The molecule has 0 fully saturated rings. The van der Waals surface area contributed by atoms with Crippen LogP contribution in [0.5, 0.6) is 23.0 Å². The molecule has 0 atom stereocenters. The van der Waals surface area contributed by atoms with Crippen molar-refractivity contribution in [3.05, 3.63) is 46.1 Å². The molecule has 0 aliphatic heterocycles. The second-order valence-corrected chi connectivity index (χ2v) is 8.45. The standard InChI is InChI=1S/C25H28Cl2O6/c1-2-3-4-5-6-7-8-9-10-16-11-12-18-21(13-16)31-23(25(33-27)22(18)30)17-14-19(28)24(32-26)20(29)15-17/h11-15,28-29H,2-10H2,1H3. The Bertz CT molecular complexity index is 1120. The summed E-state index contributed by atoms with van der Waals surface area (Å²) in [7, 11) is 0. The number of fused-ring (bicyclic) bond motifs is 1. The number of rotatable bonds is 12. The van der Waals surface area contributed by atoms with Gasteiger partial charge in [-0.1, -0.05) is 57.9 Å². The van der Waals surface area contributed by atoms with Crippen LogP contribution in [0.3, 0.4) is 0 Å². The molecule has 2 aromatic carbocycles. The van der Waals surface area contributed by atoms with Gasteiger partial charge in [0.25, 0.3) is 0 Å². The number of hydrogen-bond acceptors (Lipinski definition) is 6. The van der Waals surface area contributed by atoms with Crippen LogP contribution < -0.4 is 14.0 Å². The molecule has 8 heteroatoms. The molecule has 0 spiro atoms. The van der Waals surface area contributed by atoms with Gasteiger partial charge in [0.1, 0.15) is 29.3 Å². The van der Waals surface area contributed by atoms with E-state index in [0.717, 1.165) is 24.8 Å². The Morgan fingerprint density at radius 3 is 2.06 bits per heavy atom. The first-order valence-electron chi connectivity index (χ1n) is 11.2. The number of unbranched alkanes of at least 4 members (excludes halogenated alkanes) is 7. The predicted molar refractivity (Wildman–Crippen MR) is 131 cm³/mol. The van der Waals surface area contributed by atoms with Gasteiger partial charge in [0.15, 0.2) is 17.3 Å². The summed E-state index contributed by atoms with van der Waals surface area (Å²) in [5.74, 6) is -1.47. The second kappa shape index (κ2) is 12.1. The minimum Gasteiger partial charge on any atom is -0.504 e. The van der Waals surface area contributed by atoms with Crippen molar-refractivity contribution >= 4 is 34.7 Å². The number of phenols is 2. The van der Waals surface area contributed by atoms with E-state index in [1.165, 1.54) is 50.7 Å². The Kier molecular flexibility index (Phi) is 9.15. The van der Waals surface area contributed by atoms with Gasteiger partial charge in [-0.05, 0) is 42.7 Å². The summed E-state index contributed by atoms with van der Waals surface area (Å²) in [5, 5.41) is 20.4. The summed E-state index contributed by atoms with van der Waals surface area (Å²) in [6, 6.07) is 7.89. The molecule has 0 saturated heterocycles. The lowest BCUT2D eigenvalue weighted by molar-refractivity contribution is 0.410. The van der Waals surface area contributed by atoms with Crippen molar-refractivity contribution in [1.82, 2.24) is 0 Å². The molecule has 33 heavy (non-hydrogen) atoms. The number of hydrogen-bond donors (Lipinski definition) is 2. The van der Waals surface area contributed by atoms with Crippen LogP contribution in [0.15, 0.2) is 39.5 Å². The average Bonchev–Trinajstić information content (AvgIpc) is 2.80. The van der Waals surface area contributed by atoms with Gasteiger partial charge in [-0.25, -0.2) is 0 Å². The zero-order valence-corrected chi connectivity index (χ0v) is 20.0. The third kappa shape index (κ3) is 6.06. The highest BCUT2D eigenvalue weighted by molar-refractivity contribution is 6.10. The molecule has 6 nitrogen and oxygen atoms in total. The fraction of sp³-hybridized carbons (Fsp3) is 0.400. The molecule has 0 aliphatic rings. The maximum absolute atomic E-state index is 12.9. The molecule has 0 amide bonds. The van der Waals surface area contributed by atoms with E-state index in [2.05, 4.69) is 11.2 Å². The topological polar surface area (TPSA) is 89.1 Å². The molecule has 0 radical (unpaired) electrons. The fourth-order valence-electron chi connectivity index (χ4n) is 3.91. The van der Waals surface area contributed by atoms with Gasteiger partial charge in [-0.15, -0.1) is 0 Å². The van der Waals surface area contributed by atoms with Crippen molar-refractivity contribution in [3.8, 4) is 34.3 Å². The van der Waals surface area contributed by atoms with E-state index < -0.39 is 16.9 Å². The number of phenolic OH excluding ortho intramolecular Hbond substituents is 2. The number of aryl methyl sites for hydroxylation is 1. The van der Waals surface area contributed by atoms with Gasteiger partial charge in [0.2, 0.25) is 16.9 Å². The van der Waals surface area contributed by atoms with E-state index in [1.807, 2.05) is 12.1 Å². The molecule has 0 bridgehead atoms. The van der Waals surface area contributed by atoms with E-state index in [9.17, 15) is 15.0 Å². The summed E-state index contributed by atoms with van der Waals surface area (Å²) >= 11 is 10.8. The van der Waals surface area contributed by atoms with Crippen molar-refractivity contribution in [2.75, 3.05) is 0 Å². The largest absolute Gasteiger partial charge is 0.504 e. The minimum atomic E-state index is -0.462. The van der Waals surface area contributed by atoms with Crippen LogP contribution in [-0.2, 0) is 6.42 Å².